The van der Waals surface area contributed by atoms with Gasteiger partial charge in [-0.3, -0.25) is 14.7 Å². The van der Waals surface area contributed by atoms with Gasteiger partial charge in [0.25, 0.3) is 0 Å². The van der Waals surface area contributed by atoms with Crippen LogP contribution in [-0.4, -0.2) is 42.2 Å². The Morgan fingerprint density at radius 2 is 1.89 bits per heavy atom. The number of carbonyl (C=O) groups is 1. The Hall–Kier alpha value is -2.62. The summed E-state index contributed by atoms with van der Waals surface area (Å²) in [5.74, 6) is -0.398. The van der Waals surface area contributed by atoms with Gasteiger partial charge in [0, 0.05) is 24.8 Å². The molecule has 0 spiro atoms. The maximum absolute atomic E-state index is 13.0. The molecular weight excluding hydrogens is 384 g/mol. The molecule has 0 N–H and O–H groups in total. The van der Waals surface area contributed by atoms with E-state index >= 15 is 0 Å². The fourth-order valence-corrected chi connectivity index (χ4v) is 4.33. The lowest BCUT2D eigenvalue weighted by atomic mass is 10.3. The maximum Gasteiger partial charge on any atom is 0.248 e. The van der Waals surface area contributed by atoms with Crippen molar-refractivity contribution in [2.75, 3.05) is 18.5 Å². The molecule has 1 amide bonds. The third-order valence-electron chi connectivity index (χ3n) is 3.76. The van der Waals surface area contributed by atoms with Gasteiger partial charge in [-0.1, -0.05) is 18.2 Å². The molecule has 2 heterocycles. The topological polar surface area (TPSA) is 83.5 Å². The summed E-state index contributed by atoms with van der Waals surface area (Å²) in [5.41, 5.74) is 1.42. The number of benzene rings is 1. The van der Waals surface area contributed by atoms with Gasteiger partial charge in [0.2, 0.25) is 15.9 Å². The smallest absolute Gasteiger partial charge is 0.248 e. The first-order valence-electron chi connectivity index (χ1n) is 8.06. The average Bonchev–Trinajstić information content (AvgIpc) is 3.09. The summed E-state index contributed by atoms with van der Waals surface area (Å²) in [6, 6.07) is 12.0. The first-order valence-corrected chi connectivity index (χ1v) is 10.4. The van der Waals surface area contributed by atoms with E-state index in [1.807, 2.05) is 30.5 Å². The van der Waals surface area contributed by atoms with Crippen molar-refractivity contribution in [1.82, 2.24) is 14.3 Å². The second kappa shape index (κ2) is 7.95. The minimum Gasteiger partial charge on any atom is -0.272 e. The molecule has 0 unspecified atom stereocenters. The number of nitrogens with zero attached hydrogens (tertiary/aromatic N) is 4. The molecule has 0 aliphatic heterocycles. The van der Waals surface area contributed by atoms with Gasteiger partial charge in [-0.25, -0.2) is 13.4 Å². The standard InChI is InChI=1S/C18H18N4O3S2/c1-14-13-26-18(20-14)22(15-7-4-3-5-8-15)17(23)12-21(2)27(24,25)16-9-6-10-19-11-16/h3-11,13H,12H2,1-2H3. The number of amides is 1. The first kappa shape index (κ1) is 19.2. The van der Waals surface area contributed by atoms with Crippen LogP contribution in [0.1, 0.15) is 5.69 Å². The molecule has 0 atom stereocenters. The first-order chi connectivity index (χ1) is 12.9. The molecule has 0 saturated carbocycles. The van der Waals surface area contributed by atoms with Gasteiger partial charge in [0.15, 0.2) is 5.13 Å². The highest BCUT2D eigenvalue weighted by molar-refractivity contribution is 7.89. The normalized spacial score (nSPS) is 11.5. The van der Waals surface area contributed by atoms with Crippen molar-refractivity contribution in [3.63, 3.8) is 0 Å². The van der Waals surface area contributed by atoms with Crippen LogP contribution >= 0.6 is 11.3 Å². The molecule has 0 radical (unpaired) electrons. The number of carbonyl (C=O) groups excluding carboxylic acids is 1. The van der Waals surface area contributed by atoms with E-state index < -0.39 is 15.9 Å². The SMILES string of the molecule is Cc1csc(N(C(=O)CN(C)S(=O)(=O)c2cccnc2)c2ccccc2)n1. The van der Waals surface area contributed by atoms with Gasteiger partial charge in [0.05, 0.1) is 17.9 Å². The van der Waals surface area contributed by atoms with E-state index in [9.17, 15) is 13.2 Å². The molecule has 1 aromatic carbocycles. The molecule has 140 valence electrons. The van der Waals surface area contributed by atoms with Crippen LogP contribution in [0.4, 0.5) is 10.8 Å². The van der Waals surface area contributed by atoms with Crippen LogP contribution in [-0.2, 0) is 14.8 Å². The van der Waals surface area contributed by atoms with Crippen molar-refractivity contribution < 1.29 is 13.2 Å². The molecule has 0 bridgehead atoms. The van der Waals surface area contributed by atoms with E-state index in [1.54, 1.807) is 12.1 Å². The Bertz CT molecular complexity index is 1020. The minimum atomic E-state index is -3.82. The maximum atomic E-state index is 13.0. The van der Waals surface area contributed by atoms with Gasteiger partial charge in [-0.05, 0) is 31.2 Å². The Labute approximate surface area is 162 Å². The lowest BCUT2D eigenvalue weighted by Crippen LogP contribution is -2.39. The number of likely N-dealkylation sites (N-methyl/N-ethyl adjacent to an activating group) is 1. The van der Waals surface area contributed by atoms with Crippen LogP contribution < -0.4 is 4.90 Å². The third kappa shape index (κ3) is 4.21. The van der Waals surface area contributed by atoms with Crippen molar-refractivity contribution in [2.24, 2.45) is 0 Å². The number of hydrogen-bond donors (Lipinski definition) is 0. The zero-order valence-corrected chi connectivity index (χ0v) is 16.4. The molecule has 27 heavy (non-hydrogen) atoms. The Kier molecular flexibility index (Phi) is 5.64. The van der Waals surface area contributed by atoms with Gasteiger partial charge < -0.3 is 0 Å². The van der Waals surface area contributed by atoms with Crippen LogP contribution in [0.5, 0.6) is 0 Å². The molecule has 0 fully saturated rings. The van der Waals surface area contributed by atoms with E-state index in [4.69, 9.17) is 0 Å². The fourth-order valence-electron chi connectivity index (χ4n) is 2.41. The fraction of sp³-hybridized carbons (Fsp3) is 0.167. The predicted octanol–water partition coefficient (Wildman–Crippen LogP) is 2.83. The van der Waals surface area contributed by atoms with Crippen molar-refractivity contribution in [1.29, 1.82) is 0 Å². The molecule has 2 aromatic heterocycles. The molecule has 7 nitrogen and oxygen atoms in total. The lowest BCUT2D eigenvalue weighted by molar-refractivity contribution is -0.117. The zero-order valence-electron chi connectivity index (χ0n) is 14.8. The summed E-state index contributed by atoms with van der Waals surface area (Å²) in [6.07, 6.45) is 2.75. The van der Waals surface area contributed by atoms with Crippen LogP contribution in [0.2, 0.25) is 0 Å². The van der Waals surface area contributed by atoms with Crippen molar-refractivity contribution in [3.05, 3.63) is 65.9 Å². The van der Waals surface area contributed by atoms with Crippen molar-refractivity contribution in [2.45, 2.75) is 11.8 Å². The highest BCUT2D eigenvalue weighted by Crippen LogP contribution is 2.29. The monoisotopic (exact) mass is 402 g/mol. The van der Waals surface area contributed by atoms with Gasteiger partial charge in [-0.2, -0.15) is 4.31 Å². The van der Waals surface area contributed by atoms with E-state index in [1.165, 1.54) is 47.8 Å². The molecule has 0 saturated heterocycles. The highest BCUT2D eigenvalue weighted by atomic mass is 32.2. The summed E-state index contributed by atoms with van der Waals surface area (Å²) >= 11 is 1.33. The molecule has 0 aliphatic rings. The number of aromatic nitrogens is 2. The summed E-state index contributed by atoms with van der Waals surface area (Å²) in [5, 5.41) is 2.34. The van der Waals surface area contributed by atoms with E-state index in [-0.39, 0.29) is 11.4 Å². The Balaban J connectivity index is 1.89. The summed E-state index contributed by atoms with van der Waals surface area (Å²) < 4.78 is 26.4. The predicted molar refractivity (Wildman–Crippen MR) is 104 cm³/mol. The molecule has 9 heteroatoms. The van der Waals surface area contributed by atoms with E-state index in [0.29, 0.717) is 10.8 Å². The quantitative estimate of drug-likeness (QED) is 0.633. The average molecular weight is 403 g/mol. The largest absolute Gasteiger partial charge is 0.272 e. The number of sulfonamides is 1. The van der Waals surface area contributed by atoms with Crippen LogP contribution in [0, 0.1) is 6.92 Å². The second-order valence-electron chi connectivity index (χ2n) is 5.79. The van der Waals surface area contributed by atoms with Gasteiger partial charge >= 0.3 is 0 Å². The molecular formula is C18H18N4O3S2. The summed E-state index contributed by atoms with van der Waals surface area (Å²) in [4.78, 5) is 22.7. The molecule has 3 aromatic rings. The zero-order chi connectivity index (χ0) is 19.4. The minimum absolute atomic E-state index is 0.0386. The van der Waals surface area contributed by atoms with Gasteiger partial charge in [0.1, 0.15) is 4.90 Å². The van der Waals surface area contributed by atoms with Gasteiger partial charge in [-0.15, -0.1) is 11.3 Å². The lowest BCUT2D eigenvalue weighted by Gasteiger charge is -2.23. The van der Waals surface area contributed by atoms with E-state index in [2.05, 4.69) is 9.97 Å². The second-order valence-corrected chi connectivity index (χ2v) is 8.67. The third-order valence-corrected chi connectivity index (χ3v) is 6.49. The molecule has 3 rings (SSSR count). The Morgan fingerprint density at radius 1 is 1.15 bits per heavy atom. The highest BCUT2D eigenvalue weighted by Gasteiger charge is 2.28. The number of thiazole rings is 1. The van der Waals surface area contributed by atoms with Crippen LogP contribution in [0.25, 0.3) is 0 Å². The molecule has 0 aliphatic carbocycles. The van der Waals surface area contributed by atoms with Crippen molar-refractivity contribution in [3.8, 4) is 0 Å². The van der Waals surface area contributed by atoms with E-state index in [0.717, 1.165) is 10.00 Å². The summed E-state index contributed by atoms with van der Waals surface area (Å²) in [6.45, 7) is 1.51. The summed E-state index contributed by atoms with van der Waals surface area (Å²) in [7, 11) is -2.45. The van der Waals surface area contributed by atoms with Crippen molar-refractivity contribution >= 4 is 38.1 Å². The Morgan fingerprint density at radius 3 is 2.48 bits per heavy atom. The number of rotatable bonds is 6. The number of para-hydroxylation sites is 1. The number of anilines is 2. The number of pyridine rings is 1. The number of aryl methyl sites for hydroxylation is 1. The van der Waals surface area contributed by atoms with Crippen LogP contribution in [0.3, 0.4) is 0 Å². The number of hydrogen-bond acceptors (Lipinski definition) is 6. The van der Waals surface area contributed by atoms with Crippen LogP contribution in [0.15, 0.2) is 65.1 Å².